The molecule has 1 saturated carbocycles. The number of aromatic nitrogens is 2. The monoisotopic (exact) mass is 660 g/mol. The summed E-state index contributed by atoms with van der Waals surface area (Å²) in [5.74, 6) is 0.616. The van der Waals surface area contributed by atoms with Gasteiger partial charge in [-0.3, -0.25) is 0 Å². The maximum Gasteiger partial charge on any atom is 0.337 e. The zero-order valence-electron chi connectivity index (χ0n) is 26.5. The van der Waals surface area contributed by atoms with Gasteiger partial charge in [0.2, 0.25) is 5.88 Å². The van der Waals surface area contributed by atoms with Gasteiger partial charge < -0.3 is 14.4 Å². The number of aliphatic hydroxyl groups excluding tert-OH is 1. The van der Waals surface area contributed by atoms with Crippen molar-refractivity contribution in [1.29, 1.82) is 0 Å². The van der Waals surface area contributed by atoms with Gasteiger partial charge in [-0.2, -0.15) is 8.42 Å². The van der Waals surface area contributed by atoms with E-state index in [0.717, 1.165) is 44.4 Å². The summed E-state index contributed by atoms with van der Waals surface area (Å²) in [6, 6.07) is 31.6. The van der Waals surface area contributed by atoms with E-state index in [4.69, 9.17) is 9.72 Å². The maximum atomic E-state index is 12.4. The quantitative estimate of drug-likeness (QED) is 0.165. The van der Waals surface area contributed by atoms with Crippen molar-refractivity contribution in [1.82, 2.24) is 14.3 Å². The molecule has 10 heteroatoms. The second kappa shape index (κ2) is 13.0. The van der Waals surface area contributed by atoms with Gasteiger partial charge >= 0.3 is 16.2 Å². The van der Waals surface area contributed by atoms with Crippen molar-refractivity contribution < 1.29 is 23.1 Å². The number of nitrogens with one attached hydrogen (secondary N) is 1. The molecule has 0 unspecified atom stereocenters. The minimum Gasteiger partial charge on any atom is -0.493 e. The average molecular weight is 661 g/mol. The number of carbonyl (C=O) groups excluding carboxylic acids is 1. The summed E-state index contributed by atoms with van der Waals surface area (Å²) in [6.07, 6.45) is 10.2. The SMILES string of the molecule is COC(=O)c1ccc(-c2cn(-c3ccc(N4C=C(O)NS4(=O)=O)cc3)c(Cc3ccc(-c4ccc(C5CCCCC5)cc4)cc3)n2)cc1. The normalized spacial score (nSPS) is 15.9. The van der Waals surface area contributed by atoms with Crippen molar-refractivity contribution >= 4 is 21.9 Å². The zero-order chi connectivity index (χ0) is 33.3. The number of anilines is 1. The Kier molecular flexibility index (Phi) is 8.49. The number of rotatable bonds is 8. The van der Waals surface area contributed by atoms with Gasteiger partial charge in [0.15, 0.2) is 0 Å². The molecule has 1 aliphatic heterocycles. The summed E-state index contributed by atoms with van der Waals surface area (Å²) >= 11 is 0. The number of ether oxygens (including phenoxy) is 1. The van der Waals surface area contributed by atoms with E-state index in [1.165, 1.54) is 50.3 Å². The van der Waals surface area contributed by atoms with Gasteiger partial charge in [-0.15, -0.1) is 0 Å². The Morgan fingerprint density at radius 3 is 2.04 bits per heavy atom. The minimum atomic E-state index is -3.90. The summed E-state index contributed by atoms with van der Waals surface area (Å²) in [4.78, 5) is 17.0. The van der Waals surface area contributed by atoms with Crippen molar-refractivity contribution in [2.24, 2.45) is 0 Å². The standard InChI is InChI=1S/C38H36N4O5S/c1-47-38(44)32-17-15-31(16-18-32)35-24-41(33-19-21-34(22-20-33)42-25-37(43)40-48(42,45)46)36(39-35)23-26-7-9-28(10-8-26)30-13-11-29(12-14-30)27-5-3-2-4-6-27/h7-22,24-25,27,40,43H,2-6,23H2,1H3. The van der Waals surface area contributed by atoms with Gasteiger partial charge in [-0.25, -0.2) is 18.8 Å². The third-order valence-corrected chi connectivity index (χ3v) is 10.4. The van der Waals surface area contributed by atoms with E-state index in [2.05, 4.69) is 53.3 Å². The van der Waals surface area contributed by atoms with Crippen molar-refractivity contribution in [3.63, 3.8) is 0 Å². The number of hydrogen-bond acceptors (Lipinski definition) is 6. The molecule has 5 aromatic rings. The average Bonchev–Trinajstić information content (AvgIpc) is 3.67. The number of methoxy groups -OCH3 is 1. The molecule has 1 fully saturated rings. The molecule has 2 heterocycles. The minimum absolute atomic E-state index is 0.373. The number of carbonyl (C=O) groups is 1. The van der Waals surface area contributed by atoms with Crippen LogP contribution in [0.1, 0.15) is 65.3 Å². The Balaban J connectivity index is 1.17. The fourth-order valence-electron chi connectivity index (χ4n) is 6.54. The predicted molar refractivity (Wildman–Crippen MR) is 186 cm³/mol. The molecular weight excluding hydrogens is 625 g/mol. The fraction of sp³-hybridized carbons (Fsp3) is 0.211. The van der Waals surface area contributed by atoms with Crippen LogP contribution in [-0.4, -0.2) is 36.2 Å². The first-order chi connectivity index (χ1) is 23.3. The second-order valence-electron chi connectivity index (χ2n) is 12.2. The van der Waals surface area contributed by atoms with Gasteiger partial charge in [0.1, 0.15) is 5.82 Å². The Morgan fingerprint density at radius 2 is 1.44 bits per heavy atom. The summed E-state index contributed by atoms with van der Waals surface area (Å²) in [6.45, 7) is 0. The predicted octanol–water partition coefficient (Wildman–Crippen LogP) is 7.64. The van der Waals surface area contributed by atoms with E-state index in [0.29, 0.717) is 23.6 Å². The van der Waals surface area contributed by atoms with E-state index >= 15 is 0 Å². The largest absolute Gasteiger partial charge is 0.493 e. The van der Waals surface area contributed by atoms with Crippen molar-refractivity contribution in [3.8, 4) is 28.1 Å². The van der Waals surface area contributed by atoms with Gasteiger partial charge in [0.25, 0.3) is 0 Å². The van der Waals surface area contributed by atoms with Gasteiger partial charge in [0.05, 0.1) is 30.3 Å². The van der Waals surface area contributed by atoms with Gasteiger partial charge in [0, 0.05) is 23.9 Å². The Labute approximate surface area is 280 Å². The molecule has 0 amide bonds. The number of benzene rings is 4. The molecule has 0 saturated heterocycles. The molecule has 2 aliphatic rings. The van der Waals surface area contributed by atoms with Crippen molar-refractivity contribution in [3.05, 3.63) is 138 Å². The first kappa shape index (κ1) is 31.3. The zero-order valence-corrected chi connectivity index (χ0v) is 27.4. The van der Waals surface area contributed by atoms with E-state index in [-0.39, 0.29) is 0 Å². The summed E-state index contributed by atoms with van der Waals surface area (Å²) in [5.41, 5.74) is 8.04. The lowest BCUT2D eigenvalue weighted by atomic mass is 9.83. The number of aliphatic hydroxyl groups is 1. The summed E-state index contributed by atoms with van der Waals surface area (Å²) in [5, 5.41) is 9.71. The van der Waals surface area contributed by atoms with Crippen molar-refractivity contribution in [2.75, 3.05) is 11.4 Å². The molecule has 2 N–H and O–H groups in total. The number of hydrogen-bond donors (Lipinski definition) is 2. The lowest BCUT2D eigenvalue weighted by Gasteiger charge is -2.22. The van der Waals surface area contributed by atoms with Crippen LogP contribution in [0.4, 0.5) is 5.69 Å². The van der Waals surface area contributed by atoms with Crippen LogP contribution in [0.5, 0.6) is 0 Å². The van der Waals surface area contributed by atoms with E-state index in [9.17, 15) is 18.3 Å². The van der Waals surface area contributed by atoms with Crippen LogP contribution in [-0.2, 0) is 21.4 Å². The molecule has 0 bridgehead atoms. The van der Waals surface area contributed by atoms with Crippen molar-refractivity contribution in [2.45, 2.75) is 44.4 Å². The highest BCUT2D eigenvalue weighted by atomic mass is 32.2. The maximum absolute atomic E-state index is 12.4. The van der Waals surface area contributed by atoms with Crippen LogP contribution in [0.3, 0.4) is 0 Å². The third kappa shape index (κ3) is 6.44. The van der Waals surface area contributed by atoms with Crippen LogP contribution in [0.2, 0.25) is 0 Å². The van der Waals surface area contributed by atoms with E-state index < -0.39 is 22.1 Å². The first-order valence-electron chi connectivity index (χ1n) is 16.1. The summed E-state index contributed by atoms with van der Waals surface area (Å²) < 4.78 is 34.6. The first-order valence-corrected chi connectivity index (χ1v) is 17.5. The molecule has 0 radical (unpaired) electrons. The molecule has 9 nitrogen and oxygen atoms in total. The molecule has 244 valence electrons. The van der Waals surface area contributed by atoms with Crippen LogP contribution < -0.4 is 9.03 Å². The molecular formula is C38H36N4O5S. The Bertz CT molecular complexity index is 2060. The smallest absolute Gasteiger partial charge is 0.337 e. The van der Waals surface area contributed by atoms with E-state index in [1.54, 1.807) is 24.3 Å². The molecule has 4 aromatic carbocycles. The van der Waals surface area contributed by atoms with Crippen LogP contribution >= 0.6 is 0 Å². The Hall–Kier alpha value is -5.35. The summed E-state index contributed by atoms with van der Waals surface area (Å²) in [7, 11) is -2.55. The van der Waals surface area contributed by atoms with E-state index in [1.807, 2.05) is 35.0 Å². The van der Waals surface area contributed by atoms with Crippen LogP contribution in [0.25, 0.3) is 28.1 Å². The second-order valence-corrected chi connectivity index (χ2v) is 13.8. The molecule has 1 aromatic heterocycles. The third-order valence-electron chi connectivity index (χ3n) is 9.13. The number of nitrogens with zero attached hydrogens (tertiary/aromatic N) is 3. The van der Waals surface area contributed by atoms with Gasteiger partial charge in [-0.05, 0) is 77.4 Å². The van der Waals surface area contributed by atoms with Gasteiger partial charge in [-0.1, -0.05) is 79.9 Å². The highest BCUT2D eigenvalue weighted by Gasteiger charge is 2.28. The fourth-order valence-corrected chi connectivity index (χ4v) is 7.60. The molecule has 0 atom stereocenters. The molecule has 0 spiro atoms. The highest BCUT2D eigenvalue weighted by molar-refractivity contribution is 7.91. The molecule has 1 aliphatic carbocycles. The lowest BCUT2D eigenvalue weighted by Crippen LogP contribution is -2.29. The number of imidazole rings is 1. The Morgan fingerprint density at radius 1 is 0.833 bits per heavy atom. The van der Waals surface area contributed by atoms with Crippen LogP contribution in [0, 0.1) is 0 Å². The number of esters is 1. The molecule has 48 heavy (non-hydrogen) atoms. The lowest BCUT2D eigenvalue weighted by molar-refractivity contribution is 0.0600. The highest BCUT2D eigenvalue weighted by Crippen LogP contribution is 2.34. The van der Waals surface area contributed by atoms with Crippen LogP contribution in [0.15, 0.2) is 115 Å². The topological polar surface area (TPSA) is 114 Å². The molecule has 7 rings (SSSR count).